The average molecular weight is 399 g/mol. The van der Waals surface area contributed by atoms with Gasteiger partial charge in [-0.15, -0.1) is 0 Å². The molecule has 2 aromatic rings. The lowest BCUT2D eigenvalue weighted by molar-refractivity contribution is -0.150. The average Bonchev–Trinajstić information content (AvgIpc) is 3.08. The number of aliphatic carboxylic acids is 1. The second-order valence-corrected chi connectivity index (χ2v) is 7.76. The molecule has 1 unspecified atom stereocenters. The zero-order valence-electron chi connectivity index (χ0n) is 16.9. The molecule has 1 saturated heterocycles. The van der Waals surface area contributed by atoms with Crippen molar-refractivity contribution < 1.29 is 28.9 Å². The van der Waals surface area contributed by atoms with Gasteiger partial charge in [-0.25, -0.2) is 9.59 Å². The fourth-order valence-corrected chi connectivity index (χ4v) is 3.28. The number of amides is 1. The number of carbonyl (C=O) groups is 2. The van der Waals surface area contributed by atoms with Crippen LogP contribution in [-0.2, 0) is 14.3 Å². The summed E-state index contributed by atoms with van der Waals surface area (Å²) in [6, 6.07) is 15.1. The standard InChI is InChI=1S/C22H25NO6/c1-22(2,3)29-21(26)23-17(14-8-6-5-7-9-14)18(20(24)25)28-19(23)15-10-12-16(27-4)13-11-15/h5-13,17-19H,1-4H3,(H,24,25)/t17-,18+,19?/m0/s1. The molecule has 7 heteroatoms. The van der Waals surface area contributed by atoms with Crippen LogP contribution in [-0.4, -0.2) is 40.9 Å². The van der Waals surface area contributed by atoms with Gasteiger partial charge in [0.25, 0.3) is 0 Å². The van der Waals surface area contributed by atoms with Crippen LogP contribution in [0.15, 0.2) is 54.6 Å². The molecule has 1 amide bonds. The summed E-state index contributed by atoms with van der Waals surface area (Å²) < 4.78 is 16.7. The molecule has 2 aromatic carbocycles. The molecule has 29 heavy (non-hydrogen) atoms. The van der Waals surface area contributed by atoms with Crippen molar-refractivity contribution in [2.24, 2.45) is 0 Å². The van der Waals surface area contributed by atoms with E-state index in [4.69, 9.17) is 14.2 Å². The number of ether oxygens (including phenoxy) is 3. The molecular formula is C22H25NO6. The highest BCUT2D eigenvalue weighted by atomic mass is 16.6. The van der Waals surface area contributed by atoms with Crippen molar-refractivity contribution in [2.75, 3.05) is 7.11 Å². The van der Waals surface area contributed by atoms with Crippen LogP contribution in [0.2, 0.25) is 0 Å². The van der Waals surface area contributed by atoms with Crippen molar-refractivity contribution in [2.45, 2.75) is 44.7 Å². The van der Waals surface area contributed by atoms with Gasteiger partial charge in [-0.3, -0.25) is 4.90 Å². The van der Waals surface area contributed by atoms with Crippen molar-refractivity contribution in [3.63, 3.8) is 0 Å². The summed E-state index contributed by atoms with van der Waals surface area (Å²) in [7, 11) is 1.56. The quantitative estimate of drug-likeness (QED) is 0.831. The Labute approximate surface area is 169 Å². The molecule has 0 aromatic heterocycles. The van der Waals surface area contributed by atoms with Crippen LogP contribution in [0.3, 0.4) is 0 Å². The van der Waals surface area contributed by atoms with Crippen LogP contribution in [0, 0.1) is 0 Å². The topological polar surface area (TPSA) is 85.3 Å². The van der Waals surface area contributed by atoms with Crippen molar-refractivity contribution in [3.8, 4) is 5.75 Å². The van der Waals surface area contributed by atoms with Gasteiger partial charge in [0.2, 0.25) is 0 Å². The summed E-state index contributed by atoms with van der Waals surface area (Å²) in [5.41, 5.74) is 0.535. The van der Waals surface area contributed by atoms with E-state index >= 15 is 0 Å². The van der Waals surface area contributed by atoms with Gasteiger partial charge in [-0.05, 0) is 38.5 Å². The highest BCUT2D eigenvalue weighted by molar-refractivity contribution is 5.77. The van der Waals surface area contributed by atoms with Gasteiger partial charge in [0.1, 0.15) is 17.4 Å². The summed E-state index contributed by atoms with van der Waals surface area (Å²) in [5.74, 6) is -0.506. The Morgan fingerprint density at radius 2 is 1.62 bits per heavy atom. The van der Waals surface area contributed by atoms with E-state index in [9.17, 15) is 14.7 Å². The molecule has 0 bridgehead atoms. The van der Waals surface area contributed by atoms with Gasteiger partial charge in [0, 0.05) is 5.56 Å². The van der Waals surface area contributed by atoms with Crippen molar-refractivity contribution in [1.29, 1.82) is 0 Å². The van der Waals surface area contributed by atoms with E-state index in [0.29, 0.717) is 16.9 Å². The zero-order valence-corrected chi connectivity index (χ0v) is 16.9. The van der Waals surface area contributed by atoms with E-state index in [-0.39, 0.29) is 0 Å². The van der Waals surface area contributed by atoms with E-state index in [1.165, 1.54) is 4.90 Å². The second kappa shape index (κ2) is 8.13. The number of carbonyl (C=O) groups excluding carboxylic acids is 1. The summed E-state index contributed by atoms with van der Waals surface area (Å²) in [6.07, 6.45) is -2.80. The minimum absolute atomic E-state index is 0.626. The fraction of sp³-hybridized carbons (Fsp3) is 0.364. The Kier molecular flexibility index (Phi) is 5.79. The van der Waals surface area contributed by atoms with Gasteiger partial charge in [0.15, 0.2) is 12.3 Å². The number of hydrogen-bond acceptors (Lipinski definition) is 5. The molecule has 154 valence electrons. The van der Waals surface area contributed by atoms with E-state index < -0.39 is 36.0 Å². The second-order valence-electron chi connectivity index (χ2n) is 7.76. The minimum Gasteiger partial charge on any atom is -0.497 e. The molecule has 0 aliphatic carbocycles. The lowest BCUT2D eigenvalue weighted by Gasteiger charge is -2.31. The number of hydrogen-bond donors (Lipinski definition) is 1. The predicted octanol–water partition coefficient (Wildman–Crippen LogP) is 4.16. The molecule has 1 fully saturated rings. The first kappa shape index (κ1) is 20.7. The maximum absolute atomic E-state index is 13.1. The van der Waals surface area contributed by atoms with E-state index in [1.54, 1.807) is 76.4 Å². The fourth-order valence-electron chi connectivity index (χ4n) is 3.28. The maximum Gasteiger partial charge on any atom is 0.413 e. The molecule has 1 N–H and O–H groups in total. The van der Waals surface area contributed by atoms with Crippen LogP contribution >= 0.6 is 0 Å². The van der Waals surface area contributed by atoms with E-state index in [0.717, 1.165) is 0 Å². The molecule has 1 heterocycles. The third-order valence-electron chi connectivity index (χ3n) is 4.50. The SMILES string of the molecule is COc1ccc(C2O[C@@H](C(=O)O)[C@H](c3ccccc3)N2C(=O)OC(C)(C)C)cc1. The van der Waals surface area contributed by atoms with E-state index in [1.807, 2.05) is 6.07 Å². The normalized spacial score (nSPS) is 21.7. The Morgan fingerprint density at radius 1 is 1.00 bits per heavy atom. The molecule has 3 atom stereocenters. The number of nitrogens with zero attached hydrogens (tertiary/aromatic N) is 1. The monoisotopic (exact) mass is 399 g/mol. The number of carboxylic acid groups (broad SMARTS) is 1. The van der Waals surface area contributed by atoms with Gasteiger partial charge in [0.05, 0.1) is 7.11 Å². The van der Waals surface area contributed by atoms with Crippen LogP contribution in [0.25, 0.3) is 0 Å². The van der Waals surface area contributed by atoms with Crippen LogP contribution in [0.1, 0.15) is 44.2 Å². The van der Waals surface area contributed by atoms with Crippen LogP contribution in [0.4, 0.5) is 4.79 Å². The zero-order chi connectivity index (χ0) is 21.2. The largest absolute Gasteiger partial charge is 0.497 e. The van der Waals surface area contributed by atoms with Gasteiger partial charge in [-0.2, -0.15) is 0 Å². The van der Waals surface area contributed by atoms with Crippen molar-refractivity contribution in [3.05, 3.63) is 65.7 Å². The summed E-state index contributed by atoms with van der Waals surface area (Å²) in [4.78, 5) is 26.5. The number of benzene rings is 2. The summed E-state index contributed by atoms with van der Waals surface area (Å²) in [5, 5.41) is 9.80. The predicted molar refractivity (Wildman–Crippen MR) is 105 cm³/mol. The summed E-state index contributed by atoms with van der Waals surface area (Å²) >= 11 is 0. The Morgan fingerprint density at radius 3 is 2.14 bits per heavy atom. The molecule has 0 spiro atoms. The van der Waals surface area contributed by atoms with Gasteiger partial charge >= 0.3 is 12.1 Å². The highest BCUT2D eigenvalue weighted by Gasteiger charge is 2.51. The lowest BCUT2D eigenvalue weighted by atomic mass is 10.0. The molecule has 3 rings (SSSR count). The number of carboxylic acids is 1. The number of methoxy groups -OCH3 is 1. The molecular weight excluding hydrogens is 374 g/mol. The molecule has 0 radical (unpaired) electrons. The molecule has 7 nitrogen and oxygen atoms in total. The van der Waals surface area contributed by atoms with Crippen LogP contribution < -0.4 is 4.74 Å². The van der Waals surface area contributed by atoms with Crippen LogP contribution in [0.5, 0.6) is 5.75 Å². The van der Waals surface area contributed by atoms with Crippen molar-refractivity contribution in [1.82, 2.24) is 4.90 Å². The van der Waals surface area contributed by atoms with Crippen molar-refractivity contribution >= 4 is 12.1 Å². The first-order valence-corrected chi connectivity index (χ1v) is 9.30. The lowest BCUT2D eigenvalue weighted by Crippen LogP contribution is -2.40. The third-order valence-corrected chi connectivity index (χ3v) is 4.50. The van der Waals surface area contributed by atoms with Gasteiger partial charge in [-0.1, -0.05) is 42.5 Å². The highest BCUT2D eigenvalue weighted by Crippen LogP contribution is 2.44. The molecule has 0 saturated carbocycles. The smallest absolute Gasteiger partial charge is 0.413 e. The first-order chi connectivity index (χ1) is 13.7. The first-order valence-electron chi connectivity index (χ1n) is 9.30. The molecule has 1 aliphatic rings. The Hall–Kier alpha value is -3.06. The molecule has 1 aliphatic heterocycles. The Balaban J connectivity index is 2.07. The van der Waals surface area contributed by atoms with E-state index in [2.05, 4.69) is 0 Å². The summed E-state index contributed by atoms with van der Waals surface area (Å²) in [6.45, 7) is 5.28. The van der Waals surface area contributed by atoms with Gasteiger partial charge < -0.3 is 19.3 Å². The Bertz CT molecular complexity index is 859. The maximum atomic E-state index is 13.1. The third kappa shape index (κ3) is 4.51. The number of rotatable bonds is 4. The minimum atomic E-state index is -1.24.